The molecule has 0 saturated heterocycles. The van der Waals surface area contributed by atoms with Crippen LogP contribution in [0.4, 0.5) is 0 Å². The molecule has 0 aromatic carbocycles. The van der Waals surface area contributed by atoms with Crippen molar-refractivity contribution in [3.8, 4) is 0 Å². The lowest BCUT2D eigenvalue weighted by molar-refractivity contribution is 0.481. The number of aromatic nitrogens is 2. The van der Waals surface area contributed by atoms with Crippen molar-refractivity contribution in [3.05, 3.63) is 17.0 Å². The standard InChI is InChI=1S/C11H19N3/c1-4-11(2,3)10-8-7-12-6-5-9(8)13-14-10/h12H,4-7H2,1-3H3,(H,13,14). The van der Waals surface area contributed by atoms with Crippen LogP contribution in [-0.4, -0.2) is 16.7 Å². The molecule has 1 aliphatic rings. The zero-order chi connectivity index (χ0) is 10.2. The summed E-state index contributed by atoms with van der Waals surface area (Å²) >= 11 is 0. The van der Waals surface area contributed by atoms with E-state index in [0.717, 1.165) is 25.9 Å². The second-order valence-corrected chi connectivity index (χ2v) is 4.69. The van der Waals surface area contributed by atoms with Gasteiger partial charge in [-0.3, -0.25) is 5.10 Å². The SMILES string of the molecule is CCC(C)(C)c1n[nH]c2c1CNCC2. The van der Waals surface area contributed by atoms with Gasteiger partial charge in [0.1, 0.15) is 0 Å². The molecule has 14 heavy (non-hydrogen) atoms. The van der Waals surface area contributed by atoms with Gasteiger partial charge in [0.05, 0.1) is 5.69 Å². The van der Waals surface area contributed by atoms with Gasteiger partial charge >= 0.3 is 0 Å². The second-order valence-electron chi connectivity index (χ2n) is 4.69. The second kappa shape index (κ2) is 3.39. The van der Waals surface area contributed by atoms with Gasteiger partial charge in [0.15, 0.2) is 0 Å². The molecule has 1 aliphatic heterocycles. The van der Waals surface area contributed by atoms with Crippen LogP contribution in [0.3, 0.4) is 0 Å². The van der Waals surface area contributed by atoms with E-state index < -0.39 is 0 Å². The van der Waals surface area contributed by atoms with Crippen molar-refractivity contribution in [3.63, 3.8) is 0 Å². The summed E-state index contributed by atoms with van der Waals surface area (Å²) in [4.78, 5) is 0. The zero-order valence-electron chi connectivity index (χ0n) is 9.28. The molecule has 0 saturated carbocycles. The molecule has 2 heterocycles. The maximum atomic E-state index is 4.48. The number of hydrogen-bond donors (Lipinski definition) is 2. The molecule has 0 radical (unpaired) electrons. The number of H-pyrrole nitrogens is 1. The molecular weight excluding hydrogens is 174 g/mol. The van der Waals surface area contributed by atoms with Crippen molar-refractivity contribution in [2.45, 2.75) is 45.6 Å². The van der Waals surface area contributed by atoms with Gasteiger partial charge in [-0.05, 0) is 6.42 Å². The molecule has 0 atom stereocenters. The summed E-state index contributed by atoms with van der Waals surface area (Å²) in [5, 5.41) is 11.1. The minimum absolute atomic E-state index is 0.198. The number of fused-ring (bicyclic) bond motifs is 1. The van der Waals surface area contributed by atoms with Crippen LogP contribution in [0.15, 0.2) is 0 Å². The van der Waals surface area contributed by atoms with Gasteiger partial charge < -0.3 is 5.32 Å². The van der Waals surface area contributed by atoms with Gasteiger partial charge in [0, 0.05) is 36.2 Å². The summed E-state index contributed by atoms with van der Waals surface area (Å²) in [6, 6.07) is 0. The fourth-order valence-electron chi connectivity index (χ4n) is 1.95. The van der Waals surface area contributed by atoms with Crippen LogP contribution >= 0.6 is 0 Å². The van der Waals surface area contributed by atoms with Crippen LogP contribution in [0.5, 0.6) is 0 Å². The largest absolute Gasteiger partial charge is 0.312 e. The summed E-state index contributed by atoms with van der Waals surface area (Å²) in [6.07, 6.45) is 2.21. The van der Waals surface area contributed by atoms with Gasteiger partial charge in [-0.15, -0.1) is 0 Å². The summed E-state index contributed by atoms with van der Waals surface area (Å²) in [7, 11) is 0. The Labute approximate surface area is 85.3 Å². The average molecular weight is 193 g/mol. The predicted molar refractivity (Wildman–Crippen MR) is 57.3 cm³/mol. The van der Waals surface area contributed by atoms with E-state index in [2.05, 4.69) is 36.3 Å². The van der Waals surface area contributed by atoms with E-state index in [1.807, 2.05) is 0 Å². The van der Waals surface area contributed by atoms with Crippen LogP contribution in [0.2, 0.25) is 0 Å². The molecule has 1 aromatic rings. The molecule has 0 spiro atoms. The average Bonchev–Trinajstić information content (AvgIpc) is 2.61. The molecule has 0 unspecified atom stereocenters. The van der Waals surface area contributed by atoms with Crippen LogP contribution in [0, 0.1) is 0 Å². The fraction of sp³-hybridized carbons (Fsp3) is 0.727. The van der Waals surface area contributed by atoms with Gasteiger partial charge in [0.25, 0.3) is 0 Å². The van der Waals surface area contributed by atoms with Gasteiger partial charge in [-0.1, -0.05) is 20.8 Å². The molecule has 0 aliphatic carbocycles. The van der Waals surface area contributed by atoms with Crippen molar-refractivity contribution in [2.75, 3.05) is 6.54 Å². The molecule has 3 nitrogen and oxygen atoms in total. The molecule has 2 N–H and O–H groups in total. The highest BCUT2D eigenvalue weighted by Crippen LogP contribution is 2.30. The van der Waals surface area contributed by atoms with Crippen LogP contribution in [-0.2, 0) is 18.4 Å². The van der Waals surface area contributed by atoms with Crippen LogP contribution < -0.4 is 5.32 Å². The zero-order valence-corrected chi connectivity index (χ0v) is 9.28. The smallest absolute Gasteiger partial charge is 0.0725 e. The normalized spacial score (nSPS) is 16.8. The summed E-state index contributed by atoms with van der Waals surface area (Å²) in [5.41, 5.74) is 4.19. The van der Waals surface area contributed by atoms with Crippen molar-refractivity contribution >= 4 is 0 Å². The third-order valence-electron chi connectivity index (χ3n) is 3.33. The van der Waals surface area contributed by atoms with Crippen molar-refractivity contribution in [2.24, 2.45) is 0 Å². The van der Waals surface area contributed by atoms with Gasteiger partial charge in [0.2, 0.25) is 0 Å². The molecule has 2 rings (SSSR count). The summed E-state index contributed by atoms with van der Waals surface area (Å²) in [5.74, 6) is 0. The Balaban J connectivity index is 2.39. The summed E-state index contributed by atoms with van der Waals surface area (Å²) < 4.78 is 0. The van der Waals surface area contributed by atoms with E-state index in [1.165, 1.54) is 17.0 Å². The van der Waals surface area contributed by atoms with Crippen LogP contribution in [0.1, 0.15) is 44.1 Å². The maximum Gasteiger partial charge on any atom is 0.0725 e. The minimum atomic E-state index is 0.198. The lowest BCUT2D eigenvalue weighted by Gasteiger charge is -2.23. The highest BCUT2D eigenvalue weighted by molar-refractivity contribution is 5.32. The van der Waals surface area contributed by atoms with Crippen molar-refractivity contribution < 1.29 is 0 Å². The first kappa shape index (κ1) is 9.71. The third-order valence-corrected chi connectivity index (χ3v) is 3.33. The van der Waals surface area contributed by atoms with E-state index in [-0.39, 0.29) is 5.41 Å². The highest BCUT2D eigenvalue weighted by Gasteiger charge is 2.27. The van der Waals surface area contributed by atoms with Gasteiger partial charge in [-0.25, -0.2) is 0 Å². The molecule has 1 aromatic heterocycles. The first-order chi connectivity index (χ1) is 6.65. The molecule has 0 bridgehead atoms. The van der Waals surface area contributed by atoms with E-state index in [9.17, 15) is 0 Å². The Kier molecular flexibility index (Phi) is 2.35. The quantitative estimate of drug-likeness (QED) is 0.751. The number of nitrogens with one attached hydrogen (secondary N) is 2. The molecular formula is C11H19N3. The van der Waals surface area contributed by atoms with E-state index >= 15 is 0 Å². The lowest BCUT2D eigenvalue weighted by atomic mass is 9.83. The molecule has 3 heteroatoms. The number of hydrogen-bond acceptors (Lipinski definition) is 2. The Morgan fingerprint density at radius 3 is 2.93 bits per heavy atom. The predicted octanol–water partition coefficient (Wildman–Crippen LogP) is 1.74. The number of aromatic amines is 1. The van der Waals surface area contributed by atoms with Crippen LogP contribution in [0.25, 0.3) is 0 Å². The molecule has 0 fully saturated rings. The van der Waals surface area contributed by atoms with Gasteiger partial charge in [-0.2, -0.15) is 5.10 Å². The Morgan fingerprint density at radius 1 is 1.43 bits per heavy atom. The first-order valence-corrected chi connectivity index (χ1v) is 5.42. The lowest BCUT2D eigenvalue weighted by Crippen LogP contribution is -2.26. The summed E-state index contributed by atoms with van der Waals surface area (Å²) in [6.45, 7) is 8.79. The number of rotatable bonds is 2. The fourth-order valence-corrected chi connectivity index (χ4v) is 1.95. The molecule has 78 valence electrons. The topological polar surface area (TPSA) is 40.7 Å². The molecule has 0 amide bonds. The Morgan fingerprint density at radius 2 is 2.21 bits per heavy atom. The van der Waals surface area contributed by atoms with Crippen molar-refractivity contribution in [1.82, 2.24) is 15.5 Å². The van der Waals surface area contributed by atoms with Crippen molar-refractivity contribution in [1.29, 1.82) is 0 Å². The Bertz CT molecular complexity index is 325. The third kappa shape index (κ3) is 1.46. The highest BCUT2D eigenvalue weighted by atomic mass is 15.1. The maximum absolute atomic E-state index is 4.48. The number of nitrogens with zero attached hydrogens (tertiary/aromatic N) is 1. The Hall–Kier alpha value is -0.830. The van der Waals surface area contributed by atoms with E-state index in [0.29, 0.717) is 0 Å². The van der Waals surface area contributed by atoms with E-state index in [4.69, 9.17) is 0 Å². The first-order valence-electron chi connectivity index (χ1n) is 5.42. The minimum Gasteiger partial charge on any atom is -0.312 e. The van der Waals surface area contributed by atoms with E-state index in [1.54, 1.807) is 0 Å². The monoisotopic (exact) mass is 193 g/mol.